The third-order valence-corrected chi connectivity index (χ3v) is 3.63. The summed E-state index contributed by atoms with van der Waals surface area (Å²) in [5.74, 6) is 0.264. The van der Waals surface area contributed by atoms with E-state index in [0.29, 0.717) is 11.4 Å². The highest BCUT2D eigenvalue weighted by Gasteiger charge is 2.12. The van der Waals surface area contributed by atoms with E-state index in [-0.39, 0.29) is 5.57 Å². The van der Waals surface area contributed by atoms with Crippen molar-refractivity contribution >= 4 is 28.6 Å². The van der Waals surface area contributed by atoms with Crippen LogP contribution in [0.3, 0.4) is 0 Å². The van der Waals surface area contributed by atoms with E-state index in [1.165, 1.54) is 0 Å². The maximum absolute atomic E-state index is 12.3. The summed E-state index contributed by atoms with van der Waals surface area (Å²) in [5, 5.41) is 12.9. The van der Waals surface area contributed by atoms with E-state index in [1.54, 1.807) is 31.5 Å². The maximum Gasteiger partial charge on any atom is 0.266 e. The van der Waals surface area contributed by atoms with Crippen molar-refractivity contribution in [3.05, 3.63) is 65.9 Å². The SMILES string of the molecule is COc1cccc2c(/C=C(\C#N)C(=O)Nc3ccccc3)c[nH]c12. The lowest BCUT2D eigenvalue weighted by atomic mass is 10.1. The van der Waals surface area contributed by atoms with E-state index < -0.39 is 5.91 Å². The monoisotopic (exact) mass is 317 g/mol. The van der Waals surface area contributed by atoms with Crippen molar-refractivity contribution in [3.63, 3.8) is 0 Å². The number of carbonyl (C=O) groups is 1. The Labute approximate surface area is 139 Å². The number of fused-ring (bicyclic) bond motifs is 1. The average molecular weight is 317 g/mol. The fourth-order valence-corrected chi connectivity index (χ4v) is 2.46. The molecule has 0 saturated heterocycles. The number of carbonyl (C=O) groups excluding carboxylic acids is 1. The number of hydrogen-bond acceptors (Lipinski definition) is 3. The summed E-state index contributed by atoms with van der Waals surface area (Å²) in [6, 6.07) is 16.6. The zero-order valence-electron chi connectivity index (χ0n) is 13.0. The molecule has 0 bridgehead atoms. The Balaban J connectivity index is 1.94. The van der Waals surface area contributed by atoms with Crippen LogP contribution < -0.4 is 10.1 Å². The number of aromatic nitrogens is 1. The first-order valence-electron chi connectivity index (χ1n) is 7.35. The highest BCUT2D eigenvalue weighted by Crippen LogP contribution is 2.28. The van der Waals surface area contributed by atoms with Gasteiger partial charge in [0.05, 0.1) is 12.6 Å². The summed E-state index contributed by atoms with van der Waals surface area (Å²) < 4.78 is 5.30. The number of nitrogens with zero attached hydrogens (tertiary/aromatic N) is 1. The molecule has 1 amide bonds. The molecule has 0 spiro atoms. The first-order chi connectivity index (χ1) is 11.7. The molecule has 0 unspecified atom stereocenters. The lowest BCUT2D eigenvalue weighted by molar-refractivity contribution is -0.112. The minimum atomic E-state index is -0.444. The van der Waals surface area contributed by atoms with Gasteiger partial charge in [-0.1, -0.05) is 30.3 Å². The molecule has 0 fully saturated rings. The second-order valence-corrected chi connectivity index (χ2v) is 5.12. The Morgan fingerprint density at radius 3 is 2.71 bits per heavy atom. The van der Waals surface area contributed by atoms with Gasteiger partial charge in [-0.15, -0.1) is 0 Å². The topological polar surface area (TPSA) is 77.9 Å². The second-order valence-electron chi connectivity index (χ2n) is 5.12. The normalized spacial score (nSPS) is 11.1. The van der Waals surface area contributed by atoms with Gasteiger partial charge in [-0.05, 0) is 24.3 Å². The smallest absolute Gasteiger partial charge is 0.266 e. The van der Waals surface area contributed by atoms with Gasteiger partial charge in [0.1, 0.15) is 17.4 Å². The molecule has 5 heteroatoms. The number of ether oxygens (including phenoxy) is 1. The van der Waals surface area contributed by atoms with Crippen molar-refractivity contribution in [1.29, 1.82) is 5.26 Å². The van der Waals surface area contributed by atoms with Crippen LogP contribution >= 0.6 is 0 Å². The Morgan fingerprint density at radius 2 is 2.00 bits per heavy atom. The largest absolute Gasteiger partial charge is 0.495 e. The molecular formula is C19H15N3O2. The molecule has 0 radical (unpaired) electrons. The minimum absolute atomic E-state index is 0.0302. The third-order valence-electron chi connectivity index (χ3n) is 3.63. The van der Waals surface area contributed by atoms with Gasteiger partial charge in [0.25, 0.3) is 5.91 Å². The van der Waals surface area contributed by atoms with Crippen LogP contribution in [0.25, 0.3) is 17.0 Å². The number of H-pyrrole nitrogens is 1. The average Bonchev–Trinajstić information content (AvgIpc) is 3.03. The lowest BCUT2D eigenvalue weighted by Gasteiger charge is -2.03. The number of benzene rings is 2. The fourth-order valence-electron chi connectivity index (χ4n) is 2.46. The quantitative estimate of drug-likeness (QED) is 0.568. The number of anilines is 1. The zero-order chi connectivity index (χ0) is 16.9. The van der Waals surface area contributed by atoms with Gasteiger partial charge in [-0.3, -0.25) is 4.79 Å². The predicted octanol–water partition coefficient (Wildman–Crippen LogP) is 3.72. The number of nitrogens with one attached hydrogen (secondary N) is 2. The van der Waals surface area contributed by atoms with Crippen molar-refractivity contribution in [3.8, 4) is 11.8 Å². The van der Waals surface area contributed by atoms with Gasteiger partial charge in [0, 0.05) is 22.8 Å². The Kier molecular flexibility index (Phi) is 4.30. The van der Waals surface area contributed by atoms with Crippen LogP contribution in [0.5, 0.6) is 5.75 Å². The zero-order valence-corrected chi connectivity index (χ0v) is 13.0. The molecule has 0 atom stereocenters. The maximum atomic E-state index is 12.3. The number of para-hydroxylation sites is 2. The minimum Gasteiger partial charge on any atom is -0.495 e. The lowest BCUT2D eigenvalue weighted by Crippen LogP contribution is -2.13. The van der Waals surface area contributed by atoms with Gasteiger partial charge >= 0.3 is 0 Å². The number of aromatic amines is 1. The summed E-state index contributed by atoms with van der Waals surface area (Å²) in [5.41, 5.74) is 2.25. The van der Waals surface area contributed by atoms with E-state index in [2.05, 4.69) is 10.3 Å². The van der Waals surface area contributed by atoms with Crippen LogP contribution in [-0.4, -0.2) is 18.0 Å². The molecule has 24 heavy (non-hydrogen) atoms. The Morgan fingerprint density at radius 1 is 1.21 bits per heavy atom. The number of amides is 1. The molecular weight excluding hydrogens is 302 g/mol. The number of hydrogen-bond donors (Lipinski definition) is 2. The van der Waals surface area contributed by atoms with E-state index in [1.807, 2.05) is 42.5 Å². The molecule has 3 rings (SSSR count). The third kappa shape index (κ3) is 2.99. The van der Waals surface area contributed by atoms with Gasteiger partial charge in [-0.2, -0.15) is 5.26 Å². The number of methoxy groups -OCH3 is 1. The molecule has 2 aromatic carbocycles. The highest BCUT2D eigenvalue weighted by atomic mass is 16.5. The molecule has 1 aromatic heterocycles. The highest BCUT2D eigenvalue weighted by molar-refractivity contribution is 6.10. The summed E-state index contributed by atoms with van der Waals surface area (Å²) >= 11 is 0. The van der Waals surface area contributed by atoms with Crippen molar-refractivity contribution < 1.29 is 9.53 Å². The van der Waals surface area contributed by atoms with Crippen molar-refractivity contribution in [2.24, 2.45) is 0 Å². The molecule has 0 aliphatic heterocycles. The van der Waals surface area contributed by atoms with Crippen molar-refractivity contribution in [2.45, 2.75) is 0 Å². The van der Waals surface area contributed by atoms with Gasteiger partial charge in [0.2, 0.25) is 0 Å². The van der Waals surface area contributed by atoms with Gasteiger partial charge < -0.3 is 15.0 Å². The molecule has 1 heterocycles. The van der Waals surface area contributed by atoms with E-state index >= 15 is 0 Å². The van der Waals surface area contributed by atoms with E-state index in [9.17, 15) is 10.1 Å². The summed E-state index contributed by atoms with van der Waals surface area (Å²) in [6.07, 6.45) is 3.32. The molecule has 118 valence electrons. The molecule has 5 nitrogen and oxygen atoms in total. The van der Waals surface area contributed by atoms with Crippen LogP contribution in [0.4, 0.5) is 5.69 Å². The predicted molar refractivity (Wildman–Crippen MR) is 93.5 cm³/mol. The van der Waals surface area contributed by atoms with E-state index in [4.69, 9.17) is 4.74 Å². The Hall–Kier alpha value is -3.52. The molecule has 0 aliphatic rings. The molecule has 2 N–H and O–H groups in total. The molecule has 0 aliphatic carbocycles. The summed E-state index contributed by atoms with van der Waals surface area (Å²) in [4.78, 5) is 15.4. The molecule has 3 aromatic rings. The number of nitriles is 1. The molecule has 0 saturated carbocycles. The van der Waals surface area contributed by atoms with Crippen molar-refractivity contribution in [2.75, 3.05) is 12.4 Å². The van der Waals surface area contributed by atoms with Gasteiger partial charge in [-0.25, -0.2) is 0 Å². The van der Waals surface area contributed by atoms with E-state index in [0.717, 1.165) is 16.5 Å². The van der Waals surface area contributed by atoms with Crippen LogP contribution in [0, 0.1) is 11.3 Å². The summed E-state index contributed by atoms with van der Waals surface area (Å²) in [6.45, 7) is 0. The standard InChI is InChI=1S/C19H15N3O2/c1-24-17-9-5-8-16-14(12-21-18(16)17)10-13(11-20)19(23)22-15-6-3-2-4-7-15/h2-10,12,21H,1H3,(H,22,23)/b13-10+. The first kappa shape index (κ1) is 15.4. The first-order valence-corrected chi connectivity index (χ1v) is 7.35. The Bertz CT molecular complexity index is 950. The van der Waals surface area contributed by atoms with Crippen LogP contribution in [-0.2, 0) is 4.79 Å². The summed E-state index contributed by atoms with van der Waals surface area (Å²) in [7, 11) is 1.60. The fraction of sp³-hybridized carbons (Fsp3) is 0.0526. The number of rotatable bonds is 4. The van der Waals surface area contributed by atoms with Gasteiger partial charge in [0.15, 0.2) is 0 Å². The van der Waals surface area contributed by atoms with Crippen molar-refractivity contribution in [1.82, 2.24) is 4.98 Å². The van der Waals surface area contributed by atoms with Crippen LogP contribution in [0.1, 0.15) is 5.56 Å². The van der Waals surface area contributed by atoms with Crippen LogP contribution in [0.2, 0.25) is 0 Å². The second kappa shape index (κ2) is 6.71. The van der Waals surface area contributed by atoms with Crippen LogP contribution in [0.15, 0.2) is 60.3 Å².